The Morgan fingerprint density at radius 3 is 2.25 bits per heavy atom. The summed E-state index contributed by atoms with van der Waals surface area (Å²) in [6.07, 6.45) is 1.28. The van der Waals surface area contributed by atoms with E-state index >= 15 is 0 Å². The van der Waals surface area contributed by atoms with E-state index in [0.717, 1.165) is 12.1 Å². The van der Waals surface area contributed by atoms with Gasteiger partial charge in [-0.1, -0.05) is 6.07 Å². The van der Waals surface area contributed by atoms with Gasteiger partial charge in [-0.25, -0.2) is 13.6 Å². The Labute approximate surface area is 114 Å². The third-order valence-corrected chi connectivity index (χ3v) is 2.83. The van der Waals surface area contributed by atoms with Gasteiger partial charge in [0.1, 0.15) is 22.9 Å². The summed E-state index contributed by atoms with van der Waals surface area (Å²) in [5, 5.41) is 13.2. The predicted molar refractivity (Wildman–Crippen MR) is 69.5 cm³/mol. The summed E-state index contributed by atoms with van der Waals surface area (Å²) in [6, 6.07) is 3.36. The normalized spacial score (nSPS) is 11.7. The van der Waals surface area contributed by atoms with E-state index in [2.05, 4.69) is 5.10 Å². The van der Waals surface area contributed by atoms with Gasteiger partial charge in [0.05, 0.1) is 11.1 Å². The molecule has 0 saturated heterocycles. The lowest BCUT2D eigenvalue weighted by atomic mass is 10.1. The van der Waals surface area contributed by atoms with Crippen LogP contribution in [0.1, 0.15) is 31.1 Å². The van der Waals surface area contributed by atoms with Crippen LogP contribution in [0.25, 0.3) is 11.3 Å². The molecule has 2 rings (SSSR count). The van der Waals surface area contributed by atoms with Crippen LogP contribution in [0.2, 0.25) is 0 Å². The molecular formula is C14H14F2N2O2. The molecule has 1 aromatic heterocycles. The molecule has 0 aliphatic rings. The second-order valence-corrected chi connectivity index (χ2v) is 5.41. The number of halogens is 2. The zero-order valence-electron chi connectivity index (χ0n) is 11.3. The zero-order chi connectivity index (χ0) is 15.1. The Bertz CT molecular complexity index is 652. The summed E-state index contributed by atoms with van der Waals surface area (Å²) < 4.78 is 29.0. The maximum absolute atomic E-state index is 13.8. The molecule has 106 valence electrons. The lowest BCUT2D eigenvalue weighted by Gasteiger charge is -2.18. The van der Waals surface area contributed by atoms with E-state index in [1.54, 1.807) is 0 Å². The molecular weight excluding hydrogens is 266 g/mol. The van der Waals surface area contributed by atoms with Crippen LogP contribution in [0.4, 0.5) is 8.78 Å². The van der Waals surface area contributed by atoms with Gasteiger partial charge < -0.3 is 5.11 Å². The molecule has 0 atom stereocenters. The topological polar surface area (TPSA) is 55.1 Å². The highest BCUT2D eigenvalue weighted by Gasteiger charge is 2.25. The SMILES string of the molecule is CC(C)(C)n1cc(C(=O)O)c(-c2c(F)cccc2F)n1. The zero-order valence-corrected chi connectivity index (χ0v) is 11.3. The van der Waals surface area contributed by atoms with Gasteiger partial charge in [-0.3, -0.25) is 4.68 Å². The molecule has 0 radical (unpaired) electrons. The van der Waals surface area contributed by atoms with Gasteiger partial charge in [-0.2, -0.15) is 5.10 Å². The summed E-state index contributed by atoms with van der Waals surface area (Å²) in [5.74, 6) is -2.96. The molecule has 0 saturated carbocycles. The average molecular weight is 280 g/mol. The van der Waals surface area contributed by atoms with Crippen LogP contribution < -0.4 is 0 Å². The van der Waals surface area contributed by atoms with Gasteiger partial charge in [0.25, 0.3) is 0 Å². The van der Waals surface area contributed by atoms with Crippen LogP contribution in [-0.2, 0) is 5.54 Å². The second kappa shape index (κ2) is 4.70. The molecule has 1 heterocycles. The number of carboxylic acid groups (broad SMARTS) is 1. The van der Waals surface area contributed by atoms with Gasteiger partial charge >= 0.3 is 5.97 Å². The van der Waals surface area contributed by atoms with E-state index < -0.39 is 28.7 Å². The number of nitrogens with zero attached hydrogens (tertiary/aromatic N) is 2. The number of carbonyl (C=O) groups is 1. The Morgan fingerprint density at radius 1 is 1.25 bits per heavy atom. The van der Waals surface area contributed by atoms with E-state index in [4.69, 9.17) is 0 Å². The van der Waals surface area contributed by atoms with Crippen LogP contribution in [0.5, 0.6) is 0 Å². The fourth-order valence-electron chi connectivity index (χ4n) is 1.78. The maximum Gasteiger partial charge on any atom is 0.339 e. The number of aromatic nitrogens is 2. The Kier molecular flexibility index (Phi) is 3.33. The number of benzene rings is 1. The monoisotopic (exact) mass is 280 g/mol. The Balaban J connectivity index is 2.73. The van der Waals surface area contributed by atoms with Crippen LogP contribution in [0.3, 0.4) is 0 Å². The summed E-state index contributed by atoms with van der Waals surface area (Å²) in [7, 11) is 0. The highest BCUT2D eigenvalue weighted by atomic mass is 19.1. The van der Waals surface area contributed by atoms with Crippen LogP contribution in [-0.4, -0.2) is 20.9 Å². The first-order chi connectivity index (χ1) is 9.21. The van der Waals surface area contributed by atoms with Crippen LogP contribution >= 0.6 is 0 Å². The predicted octanol–water partition coefficient (Wildman–Crippen LogP) is 3.28. The minimum absolute atomic E-state index is 0.206. The van der Waals surface area contributed by atoms with Crippen molar-refractivity contribution in [1.82, 2.24) is 9.78 Å². The second-order valence-electron chi connectivity index (χ2n) is 5.41. The van der Waals surface area contributed by atoms with Crippen molar-refractivity contribution in [3.05, 3.63) is 41.6 Å². The summed E-state index contributed by atoms with van der Waals surface area (Å²) in [5.41, 5.74) is -1.36. The minimum atomic E-state index is -1.28. The number of hydrogen-bond acceptors (Lipinski definition) is 2. The molecule has 1 N–H and O–H groups in total. The standard InChI is InChI=1S/C14H14F2N2O2/c1-14(2,3)18-7-8(13(19)20)12(17-18)11-9(15)5-4-6-10(11)16/h4-7H,1-3H3,(H,19,20). The van der Waals surface area contributed by atoms with E-state index in [0.29, 0.717) is 0 Å². The first kappa shape index (κ1) is 14.2. The number of aromatic carboxylic acids is 1. The van der Waals surface area contributed by atoms with E-state index in [1.807, 2.05) is 20.8 Å². The van der Waals surface area contributed by atoms with Crippen LogP contribution in [0, 0.1) is 11.6 Å². The van der Waals surface area contributed by atoms with Crippen molar-refractivity contribution in [2.24, 2.45) is 0 Å². The molecule has 2 aromatic rings. The number of hydrogen-bond donors (Lipinski definition) is 1. The van der Waals surface area contributed by atoms with Gasteiger partial charge in [-0.05, 0) is 32.9 Å². The molecule has 20 heavy (non-hydrogen) atoms. The van der Waals surface area contributed by atoms with Crippen LogP contribution in [0.15, 0.2) is 24.4 Å². The van der Waals surface area contributed by atoms with E-state index in [1.165, 1.54) is 16.9 Å². The van der Waals surface area contributed by atoms with Crippen molar-refractivity contribution in [1.29, 1.82) is 0 Å². The summed E-state index contributed by atoms with van der Waals surface area (Å²) in [4.78, 5) is 11.3. The van der Waals surface area contributed by atoms with Gasteiger partial charge in [0, 0.05) is 6.20 Å². The van der Waals surface area contributed by atoms with Gasteiger partial charge in [0.2, 0.25) is 0 Å². The van der Waals surface area contributed by atoms with Crippen molar-refractivity contribution in [2.75, 3.05) is 0 Å². The Hall–Kier alpha value is -2.24. The molecule has 0 amide bonds. The molecule has 1 aromatic carbocycles. The fourth-order valence-corrected chi connectivity index (χ4v) is 1.78. The summed E-state index contributed by atoms with van der Waals surface area (Å²) in [6.45, 7) is 5.44. The van der Waals surface area contributed by atoms with Crippen molar-refractivity contribution in [2.45, 2.75) is 26.3 Å². The van der Waals surface area contributed by atoms with Crippen molar-refractivity contribution < 1.29 is 18.7 Å². The first-order valence-corrected chi connectivity index (χ1v) is 5.99. The summed E-state index contributed by atoms with van der Waals surface area (Å²) >= 11 is 0. The molecule has 0 fully saturated rings. The minimum Gasteiger partial charge on any atom is -0.478 e. The van der Waals surface area contributed by atoms with Crippen molar-refractivity contribution in [3.8, 4) is 11.3 Å². The third kappa shape index (κ3) is 2.41. The largest absolute Gasteiger partial charge is 0.478 e. The van der Waals surface area contributed by atoms with E-state index in [9.17, 15) is 18.7 Å². The number of rotatable bonds is 2. The number of carboxylic acids is 1. The molecule has 0 bridgehead atoms. The smallest absolute Gasteiger partial charge is 0.339 e. The lowest BCUT2D eigenvalue weighted by molar-refractivity contribution is 0.0697. The highest BCUT2D eigenvalue weighted by Crippen LogP contribution is 2.29. The fraction of sp³-hybridized carbons (Fsp3) is 0.286. The lowest BCUT2D eigenvalue weighted by Crippen LogP contribution is -2.22. The first-order valence-electron chi connectivity index (χ1n) is 5.99. The quantitative estimate of drug-likeness (QED) is 0.918. The highest BCUT2D eigenvalue weighted by molar-refractivity contribution is 5.94. The van der Waals surface area contributed by atoms with Gasteiger partial charge in [0.15, 0.2) is 0 Å². The van der Waals surface area contributed by atoms with Crippen molar-refractivity contribution in [3.63, 3.8) is 0 Å². The van der Waals surface area contributed by atoms with Gasteiger partial charge in [-0.15, -0.1) is 0 Å². The maximum atomic E-state index is 13.8. The molecule has 0 spiro atoms. The Morgan fingerprint density at radius 2 is 1.80 bits per heavy atom. The third-order valence-electron chi connectivity index (χ3n) is 2.83. The molecule has 0 aliphatic carbocycles. The molecule has 4 nitrogen and oxygen atoms in total. The molecule has 0 unspecified atom stereocenters. The average Bonchev–Trinajstić information content (AvgIpc) is 2.73. The molecule has 0 aliphatic heterocycles. The van der Waals surface area contributed by atoms with Crippen molar-refractivity contribution >= 4 is 5.97 Å². The van der Waals surface area contributed by atoms with E-state index in [-0.39, 0.29) is 11.3 Å². The molecule has 6 heteroatoms.